The number of primary sulfonamides is 1. The standard InChI is InChI=1S/C9H11NO5S/c1-2-15-8-6(9(11)12)4-3-5-7(8)16(10,13)14/h3-5H,2H2,1H3,(H,11,12)(H2,10,13,14). The van der Waals surface area contributed by atoms with Crippen LogP contribution in [-0.2, 0) is 10.0 Å². The minimum absolute atomic E-state index is 0.146. The van der Waals surface area contributed by atoms with Crippen LogP contribution in [0.25, 0.3) is 0 Å². The molecule has 1 rings (SSSR count). The van der Waals surface area contributed by atoms with E-state index in [2.05, 4.69) is 0 Å². The highest BCUT2D eigenvalue weighted by Crippen LogP contribution is 2.27. The van der Waals surface area contributed by atoms with E-state index in [0.29, 0.717) is 0 Å². The number of carboxylic acid groups (broad SMARTS) is 1. The van der Waals surface area contributed by atoms with E-state index in [0.717, 1.165) is 0 Å². The molecule has 6 nitrogen and oxygen atoms in total. The number of nitrogens with two attached hydrogens (primary N) is 1. The Kier molecular flexibility index (Phi) is 3.51. The molecule has 7 heteroatoms. The first-order chi connectivity index (χ1) is 7.38. The van der Waals surface area contributed by atoms with Crippen molar-refractivity contribution in [3.63, 3.8) is 0 Å². The Morgan fingerprint density at radius 2 is 2.12 bits per heavy atom. The summed E-state index contributed by atoms with van der Waals surface area (Å²) in [6, 6.07) is 3.75. The summed E-state index contributed by atoms with van der Waals surface area (Å²) in [5.41, 5.74) is -0.228. The lowest BCUT2D eigenvalue weighted by molar-refractivity contribution is 0.0692. The maximum absolute atomic E-state index is 11.2. The van der Waals surface area contributed by atoms with Gasteiger partial charge in [-0.1, -0.05) is 6.07 Å². The van der Waals surface area contributed by atoms with E-state index < -0.39 is 16.0 Å². The predicted molar refractivity (Wildman–Crippen MR) is 55.9 cm³/mol. The molecule has 0 unspecified atom stereocenters. The number of aromatic carboxylic acids is 1. The summed E-state index contributed by atoms with van der Waals surface area (Å²) >= 11 is 0. The molecule has 3 N–H and O–H groups in total. The molecule has 0 amide bonds. The third kappa shape index (κ3) is 2.50. The number of rotatable bonds is 4. The third-order valence-electron chi connectivity index (χ3n) is 1.80. The van der Waals surface area contributed by atoms with E-state index in [1.807, 2.05) is 0 Å². The maximum atomic E-state index is 11.2. The van der Waals surface area contributed by atoms with Crippen LogP contribution in [0.4, 0.5) is 0 Å². The number of sulfonamides is 1. The first kappa shape index (κ1) is 12.5. The highest BCUT2D eigenvalue weighted by atomic mass is 32.2. The van der Waals surface area contributed by atoms with E-state index in [1.165, 1.54) is 18.2 Å². The van der Waals surface area contributed by atoms with Gasteiger partial charge >= 0.3 is 5.97 Å². The molecule has 0 saturated carbocycles. The number of hydrogen-bond acceptors (Lipinski definition) is 4. The van der Waals surface area contributed by atoms with Gasteiger partial charge in [-0.25, -0.2) is 18.4 Å². The Labute approximate surface area is 92.7 Å². The van der Waals surface area contributed by atoms with Crippen molar-refractivity contribution in [3.05, 3.63) is 23.8 Å². The van der Waals surface area contributed by atoms with Crippen LogP contribution in [0.1, 0.15) is 17.3 Å². The van der Waals surface area contributed by atoms with Crippen molar-refractivity contribution in [2.75, 3.05) is 6.61 Å². The first-order valence-electron chi connectivity index (χ1n) is 4.39. The quantitative estimate of drug-likeness (QED) is 0.800. The lowest BCUT2D eigenvalue weighted by Gasteiger charge is -2.10. The molecule has 0 spiro atoms. The molecule has 16 heavy (non-hydrogen) atoms. The van der Waals surface area contributed by atoms with Crippen LogP contribution in [-0.4, -0.2) is 26.1 Å². The fraction of sp³-hybridized carbons (Fsp3) is 0.222. The zero-order valence-corrected chi connectivity index (χ0v) is 9.32. The number of ether oxygens (including phenoxy) is 1. The van der Waals surface area contributed by atoms with E-state index in [1.54, 1.807) is 6.92 Å². The third-order valence-corrected chi connectivity index (χ3v) is 2.74. The maximum Gasteiger partial charge on any atom is 0.339 e. The Bertz CT molecular complexity index is 509. The molecule has 0 fully saturated rings. The minimum Gasteiger partial charge on any atom is -0.492 e. The molecular formula is C9H11NO5S. The van der Waals surface area contributed by atoms with Crippen molar-refractivity contribution in [1.29, 1.82) is 0 Å². The normalized spacial score (nSPS) is 11.1. The molecule has 1 aromatic rings. The smallest absolute Gasteiger partial charge is 0.339 e. The van der Waals surface area contributed by atoms with Crippen LogP contribution in [0, 0.1) is 0 Å². The van der Waals surface area contributed by atoms with Crippen molar-refractivity contribution in [2.24, 2.45) is 5.14 Å². The van der Waals surface area contributed by atoms with Gasteiger partial charge in [0.05, 0.1) is 6.61 Å². The Hall–Kier alpha value is -1.60. The lowest BCUT2D eigenvalue weighted by atomic mass is 10.2. The molecule has 0 aliphatic carbocycles. The zero-order valence-electron chi connectivity index (χ0n) is 8.50. The second-order valence-corrected chi connectivity index (χ2v) is 4.45. The van der Waals surface area contributed by atoms with Crippen LogP contribution in [0.3, 0.4) is 0 Å². The van der Waals surface area contributed by atoms with E-state index in [4.69, 9.17) is 15.0 Å². The van der Waals surface area contributed by atoms with Crippen molar-refractivity contribution in [3.8, 4) is 5.75 Å². The first-order valence-corrected chi connectivity index (χ1v) is 5.94. The van der Waals surface area contributed by atoms with Crippen LogP contribution < -0.4 is 9.88 Å². The number of carbonyl (C=O) groups is 1. The fourth-order valence-electron chi connectivity index (χ4n) is 1.20. The lowest BCUT2D eigenvalue weighted by Crippen LogP contribution is -2.16. The van der Waals surface area contributed by atoms with E-state index >= 15 is 0 Å². The van der Waals surface area contributed by atoms with Crippen molar-refractivity contribution >= 4 is 16.0 Å². The highest BCUT2D eigenvalue weighted by molar-refractivity contribution is 7.89. The Morgan fingerprint density at radius 1 is 1.50 bits per heavy atom. The second-order valence-electron chi connectivity index (χ2n) is 2.92. The number of para-hydroxylation sites is 1. The molecule has 0 heterocycles. The van der Waals surface area contributed by atoms with Crippen LogP contribution in [0.5, 0.6) is 5.75 Å². The van der Waals surface area contributed by atoms with Gasteiger partial charge in [-0.2, -0.15) is 0 Å². The summed E-state index contributed by atoms with van der Waals surface area (Å²) in [4.78, 5) is 10.5. The molecule has 0 aliphatic heterocycles. The van der Waals surface area contributed by atoms with Crippen molar-refractivity contribution in [1.82, 2.24) is 0 Å². The average molecular weight is 245 g/mol. The van der Waals surface area contributed by atoms with E-state index in [9.17, 15) is 13.2 Å². The summed E-state index contributed by atoms with van der Waals surface area (Å²) in [7, 11) is -4.00. The fourth-order valence-corrected chi connectivity index (χ4v) is 1.90. The summed E-state index contributed by atoms with van der Waals surface area (Å²) < 4.78 is 27.4. The number of hydrogen-bond donors (Lipinski definition) is 2. The topological polar surface area (TPSA) is 107 Å². The largest absolute Gasteiger partial charge is 0.492 e. The molecule has 0 atom stereocenters. The van der Waals surface area contributed by atoms with Crippen LogP contribution >= 0.6 is 0 Å². The molecule has 0 aromatic heterocycles. The Balaban J connectivity index is 3.51. The average Bonchev–Trinajstić information content (AvgIpc) is 2.16. The highest BCUT2D eigenvalue weighted by Gasteiger charge is 2.21. The molecule has 0 saturated heterocycles. The summed E-state index contributed by atoms with van der Waals surface area (Å²) in [6.45, 7) is 1.76. The molecular weight excluding hydrogens is 234 g/mol. The Morgan fingerprint density at radius 3 is 2.56 bits per heavy atom. The van der Waals surface area contributed by atoms with Gasteiger partial charge in [-0.15, -0.1) is 0 Å². The molecule has 0 bridgehead atoms. The molecule has 0 radical (unpaired) electrons. The number of carboxylic acids is 1. The zero-order chi connectivity index (χ0) is 12.3. The molecule has 0 aliphatic rings. The predicted octanol–water partition coefficient (Wildman–Crippen LogP) is 0.431. The van der Waals surface area contributed by atoms with Crippen LogP contribution in [0.15, 0.2) is 23.1 Å². The van der Waals surface area contributed by atoms with Gasteiger partial charge in [0.1, 0.15) is 10.5 Å². The van der Waals surface area contributed by atoms with Gasteiger partial charge in [-0.3, -0.25) is 0 Å². The van der Waals surface area contributed by atoms with Gasteiger partial charge in [0.25, 0.3) is 0 Å². The van der Waals surface area contributed by atoms with Gasteiger partial charge in [0, 0.05) is 0 Å². The summed E-state index contributed by atoms with van der Waals surface area (Å²) in [5.74, 6) is -1.49. The van der Waals surface area contributed by atoms with Crippen molar-refractivity contribution < 1.29 is 23.1 Å². The van der Waals surface area contributed by atoms with Crippen molar-refractivity contribution in [2.45, 2.75) is 11.8 Å². The minimum atomic E-state index is -4.00. The molecule has 88 valence electrons. The van der Waals surface area contributed by atoms with Crippen LogP contribution in [0.2, 0.25) is 0 Å². The second kappa shape index (κ2) is 4.50. The SMILES string of the molecule is CCOc1c(C(=O)O)cccc1S(N)(=O)=O. The summed E-state index contributed by atoms with van der Waals surface area (Å²) in [5, 5.41) is 13.8. The number of benzene rings is 1. The van der Waals surface area contributed by atoms with Gasteiger partial charge in [0.2, 0.25) is 10.0 Å². The van der Waals surface area contributed by atoms with Gasteiger partial charge in [-0.05, 0) is 19.1 Å². The summed E-state index contributed by atoms with van der Waals surface area (Å²) in [6.07, 6.45) is 0. The van der Waals surface area contributed by atoms with Gasteiger partial charge in [0.15, 0.2) is 5.75 Å². The molecule has 1 aromatic carbocycles. The van der Waals surface area contributed by atoms with E-state index in [-0.39, 0.29) is 22.8 Å². The van der Waals surface area contributed by atoms with Gasteiger partial charge < -0.3 is 9.84 Å². The monoisotopic (exact) mass is 245 g/mol.